The number of nitro groups is 1. The standard InChI is InChI=1S/C9H10N4O4/c10-2-6-1-7(13(16)17)3-11-9(6)12-4-8(15)5-14/h1,3,8,14-15H,4-5H2,(H,11,12)/t8-/m1/s1. The summed E-state index contributed by atoms with van der Waals surface area (Å²) < 4.78 is 0. The van der Waals surface area contributed by atoms with Crippen LogP contribution in [0.4, 0.5) is 11.5 Å². The molecule has 1 aromatic heterocycles. The van der Waals surface area contributed by atoms with Crippen molar-refractivity contribution in [2.45, 2.75) is 6.10 Å². The molecule has 8 nitrogen and oxygen atoms in total. The van der Waals surface area contributed by atoms with Gasteiger partial charge in [0.1, 0.15) is 23.6 Å². The van der Waals surface area contributed by atoms with Crippen LogP contribution < -0.4 is 5.32 Å². The number of pyridine rings is 1. The molecule has 0 bridgehead atoms. The summed E-state index contributed by atoms with van der Waals surface area (Å²) in [6.45, 7) is -0.433. The lowest BCUT2D eigenvalue weighted by Gasteiger charge is -2.10. The van der Waals surface area contributed by atoms with Gasteiger partial charge in [-0.25, -0.2) is 4.98 Å². The van der Waals surface area contributed by atoms with Crippen molar-refractivity contribution in [1.82, 2.24) is 4.98 Å². The average Bonchev–Trinajstić information content (AvgIpc) is 2.35. The number of nitrogens with zero attached hydrogens (tertiary/aromatic N) is 3. The van der Waals surface area contributed by atoms with Crippen molar-refractivity contribution in [3.05, 3.63) is 27.9 Å². The minimum Gasteiger partial charge on any atom is -0.394 e. The summed E-state index contributed by atoms with van der Waals surface area (Å²) in [7, 11) is 0. The first-order valence-electron chi connectivity index (χ1n) is 4.65. The Hall–Kier alpha value is -2.24. The van der Waals surface area contributed by atoms with Crippen molar-refractivity contribution < 1.29 is 15.1 Å². The maximum absolute atomic E-state index is 10.5. The number of aliphatic hydroxyl groups is 2. The molecule has 0 amide bonds. The van der Waals surface area contributed by atoms with Crippen molar-refractivity contribution in [2.75, 3.05) is 18.5 Å². The summed E-state index contributed by atoms with van der Waals surface area (Å²) in [5, 5.41) is 39.5. The van der Waals surface area contributed by atoms with E-state index in [1.165, 1.54) is 0 Å². The number of nitrogens with one attached hydrogen (secondary N) is 1. The Morgan fingerprint density at radius 2 is 2.41 bits per heavy atom. The molecule has 0 aliphatic rings. The van der Waals surface area contributed by atoms with Crippen molar-refractivity contribution in [3.8, 4) is 6.07 Å². The fourth-order valence-electron chi connectivity index (χ4n) is 1.06. The molecule has 90 valence electrons. The SMILES string of the molecule is N#Cc1cc([N+](=O)[O-])cnc1NC[C@@H](O)CO. The molecule has 0 spiro atoms. The molecule has 8 heteroatoms. The van der Waals surface area contributed by atoms with Gasteiger partial charge in [-0.2, -0.15) is 5.26 Å². The predicted molar refractivity (Wildman–Crippen MR) is 57.2 cm³/mol. The molecule has 17 heavy (non-hydrogen) atoms. The Labute approximate surface area is 96.3 Å². The van der Waals surface area contributed by atoms with E-state index in [1.54, 1.807) is 6.07 Å². The molecule has 0 aliphatic heterocycles. The van der Waals surface area contributed by atoms with Gasteiger partial charge in [0, 0.05) is 12.6 Å². The Morgan fingerprint density at radius 1 is 1.71 bits per heavy atom. The zero-order valence-corrected chi connectivity index (χ0v) is 8.70. The van der Waals surface area contributed by atoms with Gasteiger partial charge in [-0.3, -0.25) is 10.1 Å². The second-order valence-corrected chi connectivity index (χ2v) is 3.18. The van der Waals surface area contributed by atoms with Crippen molar-refractivity contribution in [2.24, 2.45) is 0 Å². The quantitative estimate of drug-likeness (QED) is 0.470. The normalized spacial score (nSPS) is 11.6. The van der Waals surface area contributed by atoms with Gasteiger partial charge in [0.15, 0.2) is 0 Å². The molecule has 1 atom stereocenters. The Morgan fingerprint density at radius 3 is 2.94 bits per heavy atom. The molecule has 0 saturated heterocycles. The third-order valence-corrected chi connectivity index (χ3v) is 1.92. The van der Waals surface area contributed by atoms with Gasteiger partial charge in [0.2, 0.25) is 0 Å². The van der Waals surface area contributed by atoms with Gasteiger partial charge in [0.05, 0.1) is 17.6 Å². The highest BCUT2D eigenvalue weighted by Crippen LogP contribution is 2.17. The van der Waals surface area contributed by atoms with Gasteiger partial charge in [-0.1, -0.05) is 0 Å². The fourth-order valence-corrected chi connectivity index (χ4v) is 1.06. The first-order valence-corrected chi connectivity index (χ1v) is 4.65. The summed E-state index contributed by atoms with van der Waals surface area (Å²) in [5.74, 6) is 0.130. The number of rotatable bonds is 5. The number of aliphatic hydroxyl groups excluding tert-OH is 2. The van der Waals surface area contributed by atoms with E-state index in [1.807, 2.05) is 0 Å². The lowest BCUT2D eigenvalue weighted by molar-refractivity contribution is -0.385. The molecule has 3 N–H and O–H groups in total. The van der Waals surface area contributed by atoms with E-state index in [-0.39, 0.29) is 23.6 Å². The third-order valence-electron chi connectivity index (χ3n) is 1.92. The monoisotopic (exact) mass is 238 g/mol. The molecule has 0 aliphatic carbocycles. The minimum atomic E-state index is -0.987. The Bertz CT molecular complexity index is 457. The van der Waals surface area contributed by atoms with E-state index in [0.717, 1.165) is 12.3 Å². The van der Waals surface area contributed by atoms with E-state index in [4.69, 9.17) is 15.5 Å². The van der Waals surface area contributed by atoms with Crippen molar-refractivity contribution >= 4 is 11.5 Å². The van der Waals surface area contributed by atoms with Crippen LogP contribution >= 0.6 is 0 Å². The molecule has 1 heterocycles. The first-order chi connectivity index (χ1) is 8.08. The number of anilines is 1. The Balaban J connectivity index is 2.87. The summed E-state index contributed by atoms with van der Waals surface area (Å²) in [6, 6.07) is 2.84. The van der Waals surface area contributed by atoms with Crippen LogP contribution in [-0.2, 0) is 0 Å². The predicted octanol–water partition coefficient (Wildman–Crippen LogP) is -0.373. The number of hydrogen-bond acceptors (Lipinski definition) is 7. The molecular weight excluding hydrogens is 228 g/mol. The second kappa shape index (κ2) is 5.74. The zero-order valence-electron chi connectivity index (χ0n) is 8.70. The summed E-state index contributed by atoms with van der Waals surface area (Å²) in [5.41, 5.74) is -0.279. The Kier molecular flexibility index (Phi) is 4.33. The molecule has 0 aromatic carbocycles. The third kappa shape index (κ3) is 3.37. The molecule has 0 saturated carbocycles. The number of hydrogen-bond donors (Lipinski definition) is 3. The molecule has 0 fully saturated rings. The van der Waals surface area contributed by atoms with Crippen LogP contribution in [0.1, 0.15) is 5.56 Å². The highest BCUT2D eigenvalue weighted by Gasteiger charge is 2.12. The summed E-state index contributed by atoms with van der Waals surface area (Å²) >= 11 is 0. The van der Waals surface area contributed by atoms with Crippen molar-refractivity contribution in [3.63, 3.8) is 0 Å². The maximum Gasteiger partial charge on any atom is 0.289 e. The molecule has 1 rings (SSSR count). The highest BCUT2D eigenvalue weighted by atomic mass is 16.6. The lowest BCUT2D eigenvalue weighted by atomic mass is 10.2. The summed E-state index contributed by atoms with van der Waals surface area (Å²) in [6.07, 6.45) is 0.0210. The van der Waals surface area contributed by atoms with Gasteiger partial charge >= 0.3 is 0 Å². The van der Waals surface area contributed by atoms with Crippen LogP contribution in [-0.4, -0.2) is 39.4 Å². The number of aromatic nitrogens is 1. The minimum absolute atomic E-state index is 0.00398. The van der Waals surface area contributed by atoms with Crippen LogP contribution in [0.5, 0.6) is 0 Å². The maximum atomic E-state index is 10.5. The highest BCUT2D eigenvalue weighted by molar-refractivity contribution is 5.55. The van der Waals surface area contributed by atoms with Crippen LogP contribution in [0, 0.1) is 21.4 Å². The molecule has 1 aromatic rings. The van der Waals surface area contributed by atoms with E-state index in [0.29, 0.717) is 0 Å². The molecule has 0 radical (unpaired) electrons. The zero-order chi connectivity index (χ0) is 12.8. The van der Waals surface area contributed by atoms with Crippen LogP contribution in [0.15, 0.2) is 12.3 Å². The van der Waals surface area contributed by atoms with Crippen molar-refractivity contribution in [1.29, 1.82) is 5.26 Å². The van der Waals surface area contributed by atoms with Gasteiger partial charge in [-0.15, -0.1) is 0 Å². The van der Waals surface area contributed by atoms with Crippen LogP contribution in [0.2, 0.25) is 0 Å². The largest absolute Gasteiger partial charge is 0.394 e. The topological polar surface area (TPSA) is 132 Å². The smallest absolute Gasteiger partial charge is 0.289 e. The second-order valence-electron chi connectivity index (χ2n) is 3.18. The van der Waals surface area contributed by atoms with Crippen LogP contribution in [0.3, 0.4) is 0 Å². The van der Waals surface area contributed by atoms with E-state index in [2.05, 4.69) is 10.3 Å². The molecule has 0 unspecified atom stereocenters. The number of nitriles is 1. The first kappa shape index (κ1) is 12.8. The fraction of sp³-hybridized carbons (Fsp3) is 0.333. The van der Waals surface area contributed by atoms with Gasteiger partial charge in [-0.05, 0) is 0 Å². The van der Waals surface area contributed by atoms with E-state index in [9.17, 15) is 10.1 Å². The van der Waals surface area contributed by atoms with E-state index >= 15 is 0 Å². The average molecular weight is 238 g/mol. The van der Waals surface area contributed by atoms with Crippen LogP contribution in [0.25, 0.3) is 0 Å². The molecular formula is C9H10N4O4. The summed E-state index contributed by atoms with van der Waals surface area (Å²) in [4.78, 5) is 13.5. The van der Waals surface area contributed by atoms with Gasteiger partial charge in [0.25, 0.3) is 5.69 Å². The van der Waals surface area contributed by atoms with Gasteiger partial charge < -0.3 is 15.5 Å². The lowest BCUT2D eigenvalue weighted by Crippen LogP contribution is -2.23. The van der Waals surface area contributed by atoms with E-state index < -0.39 is 17.6 Å².